The van der Waals surface area contributed by atoms with Gasteiger partial charge in [0.2, 0.25) is 22.1 Å². The fourth-order valence-electron chi connectivity index (χ4n) is 3.91. The summed E-state index contributed by atoms with van der Waals surface area (Å²) in [6, 6.07) is 0. The lowest BCUT2D eigenvalue weighted by molar-refractivity contribution is 0.0847. The molecule has 0 heterocycles. The average molecular weight is 573 g/mol. The Bertz CT molecular complexity index is 596. The van der Waals surface area contributed by atoms with Gasteiger partial charge < -0.3 is 13.6 Å². The molecule has 0 aliphatic heterocycles. The van der Waals surface area contributed by atoms with Crippen LogP contribution in [0, 0.1) is 0 Å². The van der Waals surface area contributed by atoms with Gasteiger partial charge >= 0.3 is 0 Å². The molecule has 0 rings (SSSR count). The van der Waals surface area contributed by atoms with Gasteiger partial charge in [-0.2, -0.15) is 0 Å². The molecule has 0 atom stereocenters. The molecule has 218 valence electrons. The number of unbranched alkanes of at least 4 members (excludes halogenated alkanes) is 6. The Kier molecular flexibility index (Phi) is 21.7. The smallest absolute Gasteiger partial charge is 0.203 e. The van der Waals surface area contributed by atoms with Crippen molar-refractivity contribution >= 4 is 22.1 Å². The van der Waals surface area contributed by atoms with Gasteiger partial charge in [0.1, 0.15) is 6.10 Å². The van der Waals surface area contributed by atoms with Crippen LogP contribution in [0.25, 0.3) is 0 Å². The van der Waals surface area contributed by atoms with Crippen molar-refractivity contribution in [2.45, 2.75) is 125 Å². The van der Waals surface area contributed by atoms with E-state index in [4.69, 9.17) is 13.6 Å². The van der Waals surface area contributed by atoms with E-state index in [-0.39, 0.29) is 13.2 Å². The monoisotopic (exact) mass is 572 g/mol. The molecular weight excluding hydrogens is 513 g/mol. The van der Waals surface area contributed by atoms with Crippen molar-refractivity contribution in [3.63, 3.8) is 0 Å². The zero-order valence-corrected chi connectivity index (χ0v) is 27.2. The summed E-state index contributed by atoms with van der Waals surface area (Å²) in [6.07, 6.45) is 13.5. The third-order valence-electron chi connectivity index (χ3n) is 6.45. The van der Waals surface area contributed by atoms with Crippen LogP contribution in [0.4, 0.5) is 0 Å². The molecule has 0 fully saturated rings. The Morgan fingerprint density at radius 2 is 0.694 bits per heavy atom. The first-order valence-electron chi connectivity index (χ1n) is 14.9. The standard InChI is InChI=1S/C27H59O6P3/c1-7-13-19-34(28,20-14-8-2)31-25-27(33-36(30,23-17-11-5)24-18-12-6)26-32-35(29,21-15-9-3)22-16-10-4/h27H,7-26H2,1-6H3. The number of rotatable bonds is 26. The Balaban J connectivity index is 5.72. The van der Waals surface area contributed by atoms with E-state index < -0.39 is 28.2 Å². The summed E-state index contributed by atoms with van der Waals surface area (Å²) in [6.45, 7) is 12.7. The van der Waals surface area contributed by atoms with E-state index in [0.29, 0.717) is 37.0 Å². The van der Waals surface area contributed by atoms with E-state index in [9.17, 15) is 13.7 Å². The molecule has 9 heteroatoms. The van der Waals surface area contributed by atoms with E-state index in [1.165, 1.54) is 0 Å². The van der Waals surface area contributed by atoms with E-state index >= 15 is 0 Å². The molecule has 0 aromatic rings. The van der Waals surface area contributed by atoms with Crippen LogP contribution in [-0.4, -0.2) is 56.3 Å². The van der Waals surface area contributed by atoms with Gasteiger partial charge in [0.15, 0.2) is 0 Å². The molecule has 0 aliphatic rings. The lowest BCUT2D eigenvalue weighted by atomic mass is 10.4. The zero-order chi connectivity index (χ0) is 27.3. The molecule has 0 radical (unpaired) electrons. The van der Waals surface area contributed by atoms with Gasteiger partial charge in [-0.25, -0.2) is 0 Å². The largest absolute Gasteiger partial charge is 0.326 e. The summed E-state index contributed by atoms with van der Waals surface area (Å²) in [5, 5.41) is 0. The highest BCUT2D eigenvalue weighted by Crippen LogP contribution is 2.54. The minimum atomic E-state index is -2.90. The van der Waals surface area contributed by atoms with E-state index in [2.05, 4.69) is 41.5 Å². The molecule has 0 unspecified atom stereocenters. The molecule has 0 aromatic heterocycles. The topological polar surface area (TPSA) is 78.9 Å². The molecular formula is C27H59O6P3. The second-order valence-corrected chi connectivity index (χ2v) is 18.5. The molecule has 0 aromatic carbocycles. The highest BCUT2D eigenvalue weighted by molar-refractivity contribution is 7.59. The molecule has 0 saturated heterocycles. The van der Waals surface area contributed by atoms with Crippen LogP contribution in [0.15, 0.2) is 0 Å². The SMILES string of the molecule is CCCCP(=O)(CCCC)OCC(COP(=O)(CCCC)CCCC)OP(=O)(CCCC)CCCC. The molecule has 0 aliphatic carbocycles. The molecule has 36 heavy (non-hydrogen) atoms. The predicted octanol–water partition coefficient (Wildman–Crippen LogP) is 10.0. The fourth-order valence-corrected chi connectivity index (χ4v) is 11.6. The predicted molar refractivity (Wildman–Crippen MR) is 158 cm³/mol. The van der Waals surface area contributed by atoms with E-state index in [1.807, 2.05) is 0 Å². The van der Waals surface area contributed by atoms with E-state index in [0.717, 1.165) is 77.0 Å². The van der Waals surface area contributed by atoms with Crippen molar-refractivity contribution in [1.29, 1.82) is 0 Å². The summed E-state index contributed by atoms with van der Waals surface area (Å²) < 4.78 is 59.5. The van der Waals surface area contributed by atoms with Crippen molar-refractivity contribution in [3.8, 4) is 0 Å². The second kappa shape index (κ2) is 21.4. The third-order valence-corrected chi connectivity index (χ3v) is 14.4. The third kappa shape index (κ3) is 17.2. The first kappa shape index (κ1) is 36.6. The van der Waals surface area contributed by atoms with Crippen molar-refractivity contribution in [3.05, 3.63) is 0 Å². The minimum Gasteiger partial charge on any atom is -0.326 e. The van der Waals surface area contributed by atoms with Gasteiger partial charge in [-0.15, -0.1) is 0 Å². The summed E-state index contributed by atoms with van der Waals surface area (Å²) in [5.74, 6) is 0. The quantitative estimate of drug-likeness (QED) is 0.0960. The Morgan fingerprint density at radius 3 is 0.944 bits per heavy atom. The molecule has 0 amide bonds. The molecule has 0 bridgehead atoms. The summed E-state index contributed by atoms with van der Waals surface area (Å²) in [4.78, 5) is 0. The van der Waals surface area contributed by atoms with Crippen molar-refractivity contribution < 1.29 is 27.3 Å². The summed E-state index contributed by atoms with van der Waals surface area (Å²) in [5.41, 5.74) is 0. The molecule has 0 spiro atoms. The maximum Gasteiger partial charge on any atom is 0.203 e. The lowest BCUT2D eigenvalue weighted by Gasteiger charge is -2.28. The number of hydrogen-bond donors (Lipinski definition) is 0. The van der Waals surface area contributed by atoms with Gasteiger partial charge in [0.05, 0.1) is 13.2 Å². The summed E-state index contributed by atoms with van der Waals surface area (Å²) in [7, 11) is -8.51. The Labute approximate surface area is 224 Å². The zero-order valence-electron chi connectivity index (χ0n) is 24.5. The second-order valence-electron chi connectivity index (χ2n) is 10.2. The fraction of sp³-hybridized carbons (Fsp3) is 1.00. The van der Waals surface area contributed by atoms with Gasteiger partial charge in [-0.3, -0.25) is 13.7 Å². The van der Waals surface area contributed by atoms with Crippen molar-refractivity contribution in [1.82, 2.24) is 0 Å². The van der Waals surface area contributed by atoms with Crippen molar-refractivity contribution in [2.75, 3.05) is 50.2 Å². The van der Waals surface area contributed by atoms with Crippen LogP contribution >= 0.6 is 22.1 Å². The molecule has 0 N–H and O–H groups in total. The molecule has 0 saturated carbocycles. The molecule has 6 nitrogen and oxygen atoms in total. The first-order chi connectivity index (χ1) is 17.1. The highest BCUT2D eigenvalue weighted by Gasteiger charge is 2.32. The van der Waals surface area contributed by atoms with Crippen LogP contribution in [0.5, 0.6) is 0 Å². The Hall–Kier alpha value is 0.570. The maximum atomic E-state index is 13.8. The van der Waals surface area contributed by atoms with Crippen LogP contribution in [0.2, 0.25) is 0 Å². The van der Waals surface area contributed by atoms with Gasteiger partial charge in [0.25, 0.3) is 0 Å². The van der Waals surface area contributed by atoms with Crippen molar-refractivity contribution in [2.24, 2.45) is 0 Å². The first-order valence-corrected chi connectivity index (χ1v) is 20.9. The Morgan fingerprint density at radius 1 is 0.444 bits per heavy atom. The number of hydrogen-bond acceptors (Lipinski definition) is 6. The minimum absolute atomic E-state index is 0.0779. The van der Waals surface area contributed by atoms with Gasteiger partial charge in [-0.1, -0.05) is 80.1 Å². The van der Waals surface area contributed by atoms with Gasteiger partial charge in [0, 0.05) is 37.0 Å². The summed E-state index contributed by atoms with van der Waals surface area (Å²) >= 11 is 0. The van der Waals surface area contributed by atoms with Crippen LogP contribution in [-0.2, 0) is 27.3 Å². The average Bonchev–Trinajstić information content (AvgIpc) is 2.88. The maximum absolute atomic E-state index is 13.8. The lowest BCUT2D eigenvalue weighted by Crippen LogP contribution is -2.26. The van der Waals surface area contributed by atoms with Crippen LogP contribution in [0.1, 0.15) is 119 Å². The highest BCUT2D eigenvalue weighted by atomic mass is 31.2. The van der Waals surface area contributed by atoms with E-state index in [1.54, 1.807) is 0 Å². The van der Waals surface area contributed by atoms with Gasteiger partial charge in [-0.05, 0) is 38.5 Å². The normalized spacial score (nSPS) is 13.1. The van der Waals surface area contributed by atoms with Crippen LogP contribution in [0.3, 0.4) is 0 Å². The van der Waals surface area contributed by atoms with Crippen LogP contribution < -0.4 is 0 Å².